The largest absolute Gasteiger partial charge is 0.508 e. The highest BCUT2D eigenvalue weighted by Crippen LogP contribution is 2.29. The van der Waals surface area contributed by atoms with Crippen molar-refractivity contribution in [3.8, 4) is 5.75 Å². The highest BCUT2D eigenvalue weighted by Gasteiger charge is 2.16. The summed E-state index contributed by atoms with van der Waals surface area (Å²) < 4.78 is 0. The van der Waals surface area contributed by atoms with E-state index < -0.39 is 5.97 Å². The van der Waals surface area contributed by atoms with E-state index in [0.717, 1.165) is 11.1 Å². The number of rotatable bonds is 3. The molecule has 2 N–H and O–H groups in total. The molecule has 0 saturated carbocycles. The first-order chi connectivity index (χ1) is 12.1. The minimum atomic E-state index is -0.953. The van der Waals surface area contributed by atoms with Gasteiger partial charge >= 0.3 is 5.97 Å². The third kappa shape index (κ3) is 2.68. The van der Waals surface area contributed by atoms with Crippen molar-refractivity contribution in [3.63, 3.8) is 0 Å². The number of pyridine rings is 1. The molecule has 0 radical (unpaired) electrons. The second kappa shape index (κ2) is 5.91. The molecule has 25 heavy (non-hydrogen) atoms. The number of para-hydroxylation sites is 2. The van der Waals surface area contributed by atoms with Gasteiger partial charge in [0.05, 0.1) is 16.6 Å². The molecule has 0 saturated heterocycles. The molecular formula is C21H15NO3. The van der Waals surface area contributed by atoms with Gasteiger partial charge in [-0.15, -0.1) is 0 Å². The summed E-state index contributed by atoms with van der Waals surface area (Å²) in [4.78, 5) is 16.6. The SMILES string of the molecule is O=C(O)c1c2ccccc2nc2c(Cc3ccc(O)cc3)cccc12. The topological polar surface area (TPSA) is 70.4 Å². The van der Waals surface area contributed by atoms with Crippen molar-refractivity contribution in [2.45, 2.75) is 6.42 Å². The van der Waals surface area contributed by atoms with Gasteiger partial charge in [-0.3, -0.25) is 0 Å². The highest BCUT2D eigenvalue weighted by atomic mass is 16.4. The van der Waals surface area contributed by atoms with Gasteiger partial charge in [-0.05, 0) is 35.7 Å². The van der Waals surface area contributed by atoms with Crippen molar-refractivity contribution < 1.29 is 15.0 Å². The third-order valence-electron chi connectivity index (χ3n) is 4.34. The summed E-state index contributed by atoms with van der Waals surface area (Å²) >= 11 is 0. The van der Waals surface area contributed by atoms with Gasteiger partial charge in [-0.1, -0.05) is 48.5 Å². The molecule has 0 unspecified atom stereocenters. The molecule has 122 valence electrons. The second-order valence-corrected chi connectivity index (χ2v) is 5.97. The van der Waals surface area contributed by atoms with E-state index in [1.54, 1.807) is 24.3 Å². The fraction of sp³-hybridized carbons (Fsp3) is 0.0476. The first-order valence-corrected chi connectivity index (χ1v) is 7.95. The average Bonchev–Trinajstić information content (AvgIpc) is 2.62. The van der Waals surface area contributed by atoms with Crippen molar-refractivity contribution >= 4 is 27.8 Å². The maximum absolute atomic E-state index is 11.9. The number of phenols is 1. The number of fused-ring (bicyclic) bond motifs is 2. The zero-order valence-electron chi connectivity index (χ0n) is 13.3. The first kappa shape index (κ1) is 15.1. The van der Waals surface area contributed by atoms with Crippen LogP contribution in [0.2, 0.25) is 0 Å². The molecular weight excluding hydrogens is 314 g/mol. The van der Waals surface area contributed by atoms with Crippen LogP contribution in [-0.2, 0) is 6.42 Å². The van der Waals surface area contributed by atoms with Crippen molar-refractivity contribution in [1.29, 1.82) is 0 Å². The van der Waals surface area contributed by atoms with Gasteiger partial charge in [0, 0.05) is 10.8 Å². The summed E-state index contributed by atoms with van der Waals surface area (Å²) in [5, 5.41) is 20.5. The van der Waals surface area contributed by atoms with Gasteiger partial charge in [-0.2, -0.15) is 0 Å². The smallest absolute Gasteiger partial charge is 0.337 e. The maximum Gasteiger partial charge on any atom is 0.337 e. The normalized spacial score (nSPS) is 11.0. The van der Waals surface area contributed by atoms with Gasteiger partial charge < -0.3 is 10.2 Å². The minimum absolute atomic E-state index is 0.221. The van der Waals surface area contributed by atoms with Crippen LogP contribution < -0.4 is 0 Å². The van der Waals surface area contributed by atoms with Gasteiger partial charge in [-0.25, -0.2) is 9.78 Å². The number of aromatic hydroxyl groups is 1. The average molecular weight is 329 g/mol. The second-order valence-electron chi connectivity index (χ2n) is 5.97. The molecule has 4 heteroatoms. The van der Waals surface area contributed by atoms with E-state index >= 15 is 0 Å². The minimum Gasteiger partial charge on any atom is -0.508 e. The molecule has 1 aromatic heterocycles. The lowest BCUT2D eigenvalue weighted by molar-refractivity contribution is 0.0701. The molecule has 0 aliphatic heterocycles. The number of hydrogen-bond acceptors (Lipinski definition) is 3. The fourth-order valence-electron chi connectivity index (χ4n) is 3.18. The molecule has 0 amide bonds. The van der Waals surface area contributed by atoms with E-state index in [4.69, 9.17) is 4.98 Å². The fourth-order valence-corrected chi connectivity index (χ4v) is 3.18. The van der Waals surface area contributed by atoms with Crippen molar-refractivity contribution in [1.82, 2.24) is 4.98 Å². The third-order valence-corrected chi connectivity index (χ3v) is 4.34. The zero-order valence-corrected chi connectivity index (χ0v) is 13.3. The van der Waals surface area contributed by atoms with E-state index in [1.807, 2.05) is 42.5 Å². The summed E-state index contributed by atoms with van der Waals surface area (Å²) in [5.74, 6) is -0.732. The Bertz CT molecular complexity index is 1100. The Morgan fingerprint density at radius 1 is 0.880 bits per heavy atom. The summed E-state index contributed by atoms with van der Waals surface area (Å²) in [7, 11) is 0. The summed E-state index contributed by atoms with van der Waals surface area (Å²) in [6, 6.07) is 19.9. The van der Waals surface area contributed by atoms with Crippen LogP contribution in [0.3, 0.4) is 0 Å². The summed E-state index contributed by atoms with van der Waals surface area (Å²) in [6.07, 6.45) is 0.613. The monoisotopic (exact) mass is 329 g/mol. The van der Waals surface area contributed by atoms with Crippen LogP contribution in [0, 0.1) is 0 Å². The van der Waals surface area contributed by atoms with Gasteiger partial charge in [0.2, 0.25) is 0 Å². The van der Waals surface area contributed by atoms with Crippen LogP contribution in [0.15, 0.2) is 66.7 Å². The van der Waals surface area contributed by atoms with E-state index in [2.05, 4.69) is 0 Å². The Hall–Kier alpha value is -3.40. The molecule has 4 aromatic rings. The number of carboxylic acid groups (broad SMARTS) is 1. The van der Waals surface area contributed by atoms with Crippen LogP contribution in [0.25, 0.3) is 21.8 Å². The lowest BCUT2D eigenvalue weighted by Gasteiger charge is -2.11. The van der Waals surface area contributed by atoms with Crippen LogP contribution in [0.5, 0.6) is 5.75 Å². The molecule has 0 atom stereocenters. The quantitative estimate of drug-likeness (QED) is 0.547. The predicted molar refractivity (Wildman–Crippen MR) is 97.1 cm³/mol. The van der Waals surface area contributed by atoms with E-state index in [0.29, 0.717) is 28.2 Å². The number of carboxylic acids is 1. The lowest BCUT2D eigenvalue weighted by Crippen LogP contribution is -2.02. The number of carbonyl (C=O) groups is 1. The highest BCUT2D eigenvalue weighted by molar-refractivity contribution is 6.14. The summed E-state index contributed by atoms with van der Waals surface area (Å²) in [5.41, 5.74) is 3.64. The zero-order chi connectivity index (χ0) is 17.4. The number of phenolic OH excluding ortho intramolecular Hbond substituents is 1. The Morgan fingerprint density at radius 3 is 2.36 bits per heavy atom. The van der Waals surface area contributed by atoms with Crippen molar-refractivity contribution in [2.24, 2.45) is 0 Å². The molecule has 0 spiro atoms. The molecule has 0 bridgehead atoms. The van der Waals surface area contributed by atoms with Gasteiger partial charge in [0.25, 0.3) is 0 Å². The molecule has 1 heterocycles. The van der Waals surface area contributed by atoms with Crippen LogP contribution in [-0.4, -0.2) is 21.2 Å². The van der Waals surface area contributed by atoms with Crippen LogP contribution in [0.1, 0.15) is 21.5 Å². The Balaban J connectivity index is 1.97. The molecule has 4 nitrogen and oxygen atoms in total. The lowest BCUT2D eigenvalue weighted by atomic mass is 9.97. The Kier molecular flexibility index (Phi) is 3.58. The summed E-state index contributed by atoms with van der Waals surface area (Å²) in [6.45, 7) is 0. The molecule has 0 fully saturated rings. The maximum atomic E-state index is 11.9. The van der Waals surface area contributed by atoms with Crippen LogP contribution >= 0.6 is 0 Å². The molecule has 0 aliphatic rings. The van der Waals surface area contributed by atoms with Crippen LogP contribution in [0.4, 0.5) is 0 Å². The Morgan fingerprint density at radius 2 is 1.60 bits per heavy atom. The molecule has 3 aromatic carbocycles. The number of benzene rings is 3. The molecule has 0 aliphatic carbocycles. The van der Waals surface area contributed by atoms with E-state index in [9.17, 15) is 15.0 Å². The van der Waals surface area contributed by atoms with E-state index in [1.165, 1.54) is 0 Å². The van der Waals surface area contributed by atoms with Crippen molar-refractivity contribution in [3.05, 3.63) is 83.4 Å². The van der Waals surface area contributed by atoms with Gasteiger partial charge in [0.15, 0.2) is 0 Å². The predicted octanol–water partition coefficient (Wildman–Crippen LogP) is 4.38. The molecule has 4 rings (SSSR count). The number of aromatic nitrogens is 1. The standard InChI is InChI=1S/C21H15NO3/c23-15-10-8-13(9-11-15)12-14-4-3-6-17-19(21(24)25)16-5-1-2-7-18(16)22-20(14)17/h1-11,23H,12H2,(H,24,25). The number of hydrogen-bond donors (Lipinski definition) is 2. The van der Waals surface area contributed by atoms with Gasteiger partial charge in [0.1, 0.15) is 5.75 Å². The first-order valence-electron chi connectivity index (χ1n) is 7.95. The number of nitrogens with zero attached hydrogens (tertiary/aromatic N) is 1. The van der Waals surface area contributed by atoms with Crippen molar-refractivity contribution in [2.75, 3.05) is 0 Å². The Labute approximate surface area is 144 Å². The van der Waals surface area contributed by atoms with E-state index in [-0.39, 0.29) is 11.3 Å². The number of aromatic carboxylic acids is 1.